The van der Waals surface area contributed by atoms with Crippen molar-refractivity contribution in [3.05, 3.63) is 219 Å². The Balaban J connectivity index is 0.898. The molecule has 13 unspecified atom stereocenters. The summed E-state index contributed by atoms with van der Waals surface area (Å²) < 4.78 is 13.4. The van der Waals surface area contributed by atoms with Gasteiger partial charge in [0, 0.05) is 64.9 Å². The molecule has 0 radical (unpaired) electrons. The number of aromatic amines is 1. The van der Waals surface area contributed by atoms with Gasteiger partial charge in [0.05, 0.1) is 36.6 Å². The molecule has 2 bridgehead atoms. The minimum Gasteiger partial charge on any atom is -0.508 e. The Labute approximate surface area is 606 Å². The van der Waals surface area contributed by atoms with E-state index in [0.29, 0.717) is 59.2 Å². The molecular weight excluding hydrogens is 1320 g/mol. The molecule has 15 rings (SSSR count). The molecule has 13 atom stereocenters. The number of ketones is 1. The quantitative estimate of drug-likeness (QED) is 0.0541. The average molecular weight is 1420 g/mol. The molecular formula is C85H98N2O9S4. The van der Waals surface area contributed by atoms with E-state index in [1.807, 2.05) is 53.5 Å². The molecule has 1 aromatic heterocycles. The van der Waals surface area contributed by atoms with Crippen molar-refractivity contribution in [1.29, 1.82) is 0 Å². The summed E-state index contributed by atoms with van der Waals surface area (Å²) in [6.07, 6.45) is 17.8. The van der Waals surface area contributed by atoms with Gasteiger partial charge in [-0.1, -0.05) is 172 Å². The van der Waals surface area contributed by atoms with Gasteiger partial charge in [0.1, 0.15) is 11.9 Å². The summed E-state index contributed by atoms with van der Waals surface area (Å²) in [7, 11) is 8.32. The van der Waals surface area contributed by atoms with Crippen molar-refractivity contribution >= 4 is 59.7 Å². The number of fused-ring (bicyclic) bond motifs is 6. The molecule has 526 valence electrons. The van der Waals surface area contributed by atoms with Crippen molar-refractivity contribution in [3.8, 4) is 28.7 Å². The predicted molar refractivity (Wildman–Crippen MR) is 408 cm³/mol. The van der Waals surface area contributed by atoms with Gasteiger partial charge < -0.3 is 50.4 Å². The van der Waals surface area contributed by atoms with Gasteiger partial charge in [-0.2, -0.15) is 0 Å². The van der Waals surface area contributed by atoms with Crippen LogP contribution in [0.2, 0.25) is 0 Å². The van der Waals surface area contributed by atoms with Gasteiger partial charge in [0.15, 0.2) is 28.8 Å². The maximum Gasteiger partial charge on any atom is 0.164 e. The molecule has 5 fully saturated rings. The minimum absolute atomic E-state index is 0.00583. The maximum atomic E-state index is 18.2. The molecule has 4 heterocycles. The van der Waals surface area contributed by atoms with E-state index >= 15 is 4.79 Å². The van der Waals surface area contributed by atoms with Crippen molar-refractivity contribution in [2.45, 2.75) is 169 Å². The molecule has 1 spiro atoms. The van der Waals surface area contributed by atoms with Crippen LogP contribution in [0.5, 0.6) is 28.7 Å². The van der Waals surface area contributed by atoms with Gasteiger partial charge in [0.25, 0.3) is 0 Å². The number of H-pyrrole nitrogens is 1. The summed E-state index contributed by atoms with van der Waals surface area (Å²) in [6.45, 7) is 2.79. The van der Waals surface area contributed by atoms with E-state index in [4.69, 9.17) is 9.47 Å². The highest BCUT2D eigenvalue weighted by Crippen LogP contribution is 2.60. The molecule has 3 aliphatic heterocycles. The number of aryl methyl sites for hydroxylation is 1. The Hall–Kier alpha value is -6.01. The molecule has 100 heavy (non-hydrogen) atoms. The molecule has 7 aliphatic rings. The van der Waals surface area contributed by atoms with Gasteiger partial charge in [-0.05, 0) is 240 Å². The number of phenolic OH excluding ortho intramolecular Hbond substituents is 3. The smallest absolute Gasteiger partial charge is 0.164 e. The fraction of sp³-hybridized carbons (Fsp3) is 0.471. The van der Waals surface area contributed by atoms with E-state index in [2.05, 4.69) is 108 Å². The third kappa shape index (κ3) is 13.3. The first-order valence-corrected chi connectivity index (χ1v) is 41.9. The van der Waals surface area contributed by atoms with Crippen LogP contribution in [0.15, 0.2) is 152 Å². The Bertz CT molecular complexity index is 4200. The van der Waals surface area contributed by atoms with Crippen LogP contribution in [0.25, 0.3) is 10.8 Å². The van der Waals surface area contributed by atoms with E-state index < -0.39 is 52.1 Å². The number of benzene rings is 7. The molecule has 11 nitrogen and oxygen atoms in total. The summed E-state index contributed by atoms with van der Waals surface area (Å²) in [5.74, 6) is -0.127. The molecule has 4 aliphatic carbocycles. The summed E-state index contributed by atoms with van der Waals surface area (Å²) in [5.41, 5.74) is 9.96. The first-order chi connectivity index (χ1) is 48.8. The summed E-state index contributed by atoms with van der Waals surface area (Å²) in [4.78, 5) is 21.5. The van der Waals surface area contributed by atoms with Gasteiger partial charge in [-0.25, -0.2) is 0 Å². The second kappa shape index (κ2) is 30.0. The number of nitrogens with one attached hydrogen (secondary N) is 2. The number of methoxy groups -OCH3 is 1. The molecule has 15 heteroatoms. The zero-order chi connectivity index (χ0) is 68.7. The summed E-state index contributed by atoms with van der Waals surface area (Å²) in [5, 5.41) is 83.0. The number of ether oxygens (including phenoxy) is 2. The van der Waals surface area contributed by atoms with Crippen molar-refractivity contribution in [2.75, 3.05) is 37.5 Å². The molecule has 0 amide bonds. The number of phenols is 3. The topological polar surface area (TPSA) is 185 Å². The number of hydrogen-bond acceptors (Lipinski definition) is 14. The van der Waals surface area contributed by atoms with Crippen LogP contribution in [-0.4, -0.2) is 97.2 Å². The number of Topliss-reactive ketones (excluding diaryl/α,β-unsaturated/α-hetero) is 1. The fourth-order valence-electron chi connectivity index (χ4n) is 20.4. The number of aromatic nitrogens is 1. The largest absolute Gasteiger partial charge is 0.508 e. The van der Waals surface area contributed by atoms with Crippen LogP contribution in [0.1, 0.15) is 168 Å². The first-order valence-electron chi connectivity index (χ1n) is 37.1. The zero-order valence-corrected chi connectivity index (χ0v) is 61.1. The molecule has 1 saturated heterocycles. The number of aliphatic hydroxyl groups excluding tert-OH is 3. The van der Waals surface area contributed by atoms with Crippen molar-refractivity contribution in [2.24, 2.45) is 40.9 Å². The van der Waals surface area contributed by atoms with Crippen LogP contribution in [0.3, 0.4) is 0 Å². The number of carbonyl (C=O) groups is 1. The van der Waals surface area contributed by atoms with Crippen molar-refractivity contribution < 1.29 is 44.9 Å². The Kier molecular flexibility index (Phi) is 20.9. The minimum atomic E-state index is -1.79. The zero-order valence-electron chi connectivity index (χ0n) is 57.8. The molecule has 4 saturated carbocycles. The van der Waals surface area contributed by atoms with Gasteiger partial charge in [-0.3, -0.25) is 4.79 Å². The lowest BCUT2D eigenvalue weighted by atomic mass is 9.52. The molecule has 8 N–H and O–H groups in total. The monoisotopic (exact) mass is 1420 g/mol. The van der Waals surface area contributed by atoms with E-state index in [0.717, 1.165) is 138 Å². The standard InChI is InChI=1S/C85H98N2O9S4/c1-3-54-22-23-55-18-11-20-67-76(48-88)100-99-49-62-41-77(92)85(71-51-98-97-50-63-46-83(30-9-10-31-83)33-28-74(63)96-75-40-60(71)25-26-72(75)90,82(94)79(62)80(93)61(37-53-29-35-86-47-53)39-58-24-27-73(91)81(95-2)69(58)45-68(54)78(55)67)65-42-64(43-66(89)44-65)84-32-12-19-59(70(84)21-13-34-87-84)38-57-17-8-7-16-56(57)36-52-14-5-4-6-15-52/h4-8,11,14-18,20,22-27,29,35,40,42-44,47,59,61-63,70-71,74,76-77,79-80,86-93H,3,9-10,12-13,19,21,28,30-34,36-39,41,45-46,48-51H2,1-2H3. The second-order valence-corrected chi connectivity index (χ2v) is 35.7. The van der Waals surface area contributed by atoms with Crippen LogP contribution in [0, 0.1) is 40.9 Å². The number of hydrogen-bond donors (Lipinski definition) is 8. The van der Waals surface area contributed by atoms with E-state index in [9.17, 15) is 30.6 Å². The highest BCUT2D eigenvalue weighted by atomic mass is 33.1. The van der Waals surface area contributed by atoms with Crippen molar-refractivity contribution in [1.82, 2.24) is 10.3 Å². The van der Waals surface area contributed by atoms with Crippen LogP contribution in [0.4, 0.5) is 0 Å². The van der Waals surface area contributed by atoms with Crippen LogP contribution < -0.4 is 14.8 Å². The third-order valence-corrected chi connectivity index (χ3v) is 30.6. The van der Waals surface area contributed by atoms with E-state index in [-0.39, 0.29) is 54.0 Å². The number of carbonyl (C=O) groups excluding carboxylic acids is 1. The lowest BCUT2D eigenvalue weighted by molar-refractivity contribution is -0.150. The summed E-state index contributed by atoms with van der Waals surface area (Å²) in [6, 6.07) is 47.5. The van der Waals surface area contributed by atoms with Crippen molar-refractivity contribution in [3.63, 3.8) is 0 Å². The van der Waals surface area contributed by atoms with Gasteiger partial charge in [0.2, 0.25) is 0 Å². The fourth-order valence-corrected chi connectivity index (χ4v) is 26.1. The third-order valence-electron chi connectivity index (χ3n) is 25.2. The Morgan fingerprint density at radius 3 is 2.30 bits per heavy atom. The van der Waals surface area contributed by atoms with Gasteiger partial charge in [-0.15, -0.1) is 0 Å². The SMILES string of the molecule is CCc1ccc2cccc3c2c1Cc1c(ccc(O)c1OC)CC(Cc1cc[nH]c1)C(O)C1C(=O)C(c2cc(O)cc(C45CCCC(Cc6ccccc6Cc6ccccc6)C4CCCN5)c2)(C2CSSCC4CC5(CCCC5)CCC4Oc4cc2ccc4O)C(O)CC1CSSC3CO. The van der Waals surface area contributed by atoms with Crippen LogP contribution >= 0.6 is 43.2 Å². The van der Waals surface area contributed by atoms with E-state index in [1.165, 1.54) is 42.4 Å². The average Bonchev–Trinajstić information content (AvgIpc) is 0.759. The predicted octanol–water partition coefficient (Wildman–Crippen LogP) is 17.3. The normalized spacial score (nSPS) is 29.4. The number of rotatable bonds is 12. The molecule has 8 aromatic rings. The number of aliphatic hydroxyl groups is 3. The Morgan fingerprint density at radius 1 is 0.690 bits per heavy atom. The van der Waals surface area contributed by atoms with Crippen LogP contribution in [-0.2, 0) is 54.3 Å². The lowest BCUT2D eigenvalue weighted by Gasteiger charge is -2.54. The highest BCUT2D eigenvalue weighted by molar-refractivity contribution is 8.77. The number of aromatic hydroxyl groups is 3. The maximum absolute atomic E-state index is 18.2. The summed E-state index contributed by atoms with van der Waals surface area (Å²) >= 11 is 0. The Morgan fingerprint density at radius 2 is 1.49 bits per heavy atom. The molecule has 7 aromatic carbocycles. The second-order valence-electron chi connectivity index (χ2n) is 30.6. The van der Waals surface area contributed by atoms with Gasteiger partial charge >= 0.3 is 0 Å². The first kappa shape index (κ1) is 69.7. The van der Waals surface area contributed by atoms with E-state index in [1.54, 1.807) is 57.7 Å². The number of piperidine rings is 1. The lowest BCUT2D eigenvalue weighted by Crippen LogP contribution is -2.63. The highest BCUT2D eigenvalue weighted by Gasteiger charge is 2.62.